The lowest BCUT2D eigenvalue weighted by molar-refractivity contribution is 0.101. The predicted molar refractivity (Wildman–Crippen MR) is 139 cm³/mol. The van der Waals surface area contributed by atoms with Gasteiger partial charge in [0.15, 0.2) is 0 Å². The molecular weight excluding hydrogens is 496 g/mol. The van der Waals surface area contributed by atoms with Gasteiger partial charge >= 0.3 is 0 Å². The number of halogens is 1. The van der Waals surface area contributed by atoms with Gasteiger partial charge in [0.05, 0.1) is 5.69 Å². The summed E-state index contributed by atoms with van der Waals surface area (Å²) in [5.41, 5.74) is 2.46. The molecule has 34 heavy (non-hydrogen) atoms. The highest BCUT2D eigenvalue weighted by Gasteiger charge is 2.17. The molecule has 1 heterocycles. The molecule has 0 atom stereocenters. The third kappa shape index (κ3) is 5.76. The molecule has 3 aromatic carbocycles. The Morgan fingerprint density at radius 1 is 0.824 bits per heavy atom. The quantitative estimate of drug-likeness (QED) is 0.419. The zero-order chi connectivity index (χ0) is 24.1. The lowest BCUT2D eigenvalue weighted by Crippen LogP contribution is -2.28. The molecule has 0 radical (unpaired) electrons. The number of nitrogens with one attached hydrogen (secondary N) is 2. The first kappa shape index (κ1) is 23.8. The second kappa shape index (κ2) is 10.7. The number of nitrogens with zero attached hydrogens (tertiary/aromatic N) is 2. The van der Waals surface area contributed by atoms with Gasteiger partial charge in [-0.1, -0.05) is 22.0 Å². The Morgan fingerprint density at radius 2 is 1.47 bits per heavy atom. The lowest BCUT2D eigenvalue weighted by Gasteiger charge is -2.23. The van der Waals surface area contributed by atoms with Crippen LogP contribution in [0.5, 0.6) is 5.75 Å². The summed E-state index contributed by atoms with van der Waals surface area (Å²) < 4.78 is 0.864. The van der Waals surface area contributed by atoms with Crippen molar-refractivity contribution in [2.45, 2.75) is 6.42 Å². The zero-order valence-corrected chi connectivity index (χ0v) is 20.5. The number of hydrogen-bond donors (Lipinski definition) is 3. The predicted octanol–water partition coefficient (Wildman–Crippen LogP) is 4.80. The number of para-hydroxylation sites is 1. The highest BCUT2D eigenvalue weighted by atomic mass is 79.9. The standard InChI is InChI=1S/C26H27BrN4O3/c1-30-14-3-15-31(17-16-30)21-12-8-19(9-13-21)26(34)29-24-22(4-2-5-23(24)32)28-25(33)18-6-10-20(27)11-7-18/h2,4-13,32H,3,14-17H2,1H3,(H,28,33)(H,29,34). The third-order valence-corrected chi connectivity index (χ3v) is 6.38. The number of likely N-dealkylation sites (N-methyl/N-ethyl adjacent to an activating group) is 1. The highest BCUT2D eigenvalue weighted by Crippen LogP contribution is 2.32. The summed E-state index contributed by atoms with van der Waals surface area (Å²) in [5, 5.41) is 15.9. The minimum Gasteiger partial charge on any atom is -0.506 e. The number of rotatable bonds is 5. The summed E-state index contributed by atoms with van der Waals surface area (Å²) in [6.07, 6.45) is 1.10. The normalized spacial score (nSPS) is 14.4. The first-order valence-corrected chi connectivity index (χ1v) is 11.9. The molecule has 1 aliphatic rings. The molecule has 0 aliphatic carbocycles. The number of anilines is 3. The van der Waals surface area contributed by atoms with Gasteiger partial charge in [0.1, 0.15) is 11.4 Å². The van der Waals surface area contributed by atoms with Crippen LogP contribution in [0.4, 0.5) is 17.1 Å². The van der Waals surface area contributed by atoms with Gasteiger partial charge in [0, 0.05) is 40.9 Å². The third-order valence-electron chi connectivity index (χ3n) is 5.85. The Morgan fingerprint density at radius 3 is 2.18 bits per heavy atom. The van der Waals surface area contributed by atoms with Crippen LogP contribution in [-0.2, 0) is 0 Å². The number of carbonyl (C=O) groups excluding carboxylic acids is 2. The Bertz CT molecular complexity index is 1170. The number of amides is 2. The van der Waals surface area contributed by atoms with E-state index in [0.29, 0.717) is 16.8 Å². The Hall–Kier alpha value is -3.36. The van der Waals surface area contributed by atoms with Gasteiger partial charge in [-0.15, -0.1) is 0 Å². The Kier molecular flexibility index (Phi) is 7.49. The topological polar surface area (TPSA) is 84.9 Å². The summed E-state index contributed by atoms with van der Waals surface area (Å²) in [5.74, 6) is -0.851. The largest absolute Gasteiger partial charge is 0.506 e. The minimum absolute atomic E-state index is 0.132. The van der Waals surface area contributed by atoms with Crippen LogP contribution in [0.2, 0.25) is 0 Å². The van der Waals surface area contributed by atoms with Crippen LogP contribution in [0.25, 0.3) is 0 Å². The van der Waals surface area contributed by atoms with Gasteiger partial charge < -0.3 is 25.5 Å². The summed E-state index contributed by atoms with van der Waals surface area (Å²) in [6.45, 7) is 4.01. The molecule has 176 valence electrons. The molecule has 0 bridgehead atoms. The van der Waals surface area contributed by atoms with Gasteiger partial charge in [-0.3, -0.25) is 9.59 Å². The summed E-state index contributed by atoms with van der Waals surface area (Å²) >= 11 is 3.35. The maximum Gasteiger partial charge on any atom is 0.255 e. The molecule has 0 unspecified atom stereocenters. The molecule has 7 nitrogen and oxygen atoms in total. The van der Waals surface area contributed by atoms with Crippen molar-refractivity contribution in [2.24, 2.45) is 0 Å². The van der Waals surface area contributed by atoms with E-state index in [1.54, 1.807) is 48.5 Å². The van der Waals surface area contributed by atoms with Crippen molar-refractivity contribution in [1.29, 1.82) is 0 Å². The molecule has 3 N–H and O–H groups in total. The Balaban J connectivity index is 1.47. The molecule has 8 heteroatoms. The van der Waals surface area contributed by atoms with Crippen LogP contribution in [0, 0.1) is 0 Å². The minimum atomic E-state index is -0.372. The Labute approximate surface area is 207 Å². The number of phenolic OH excluding ortho intramolecular Hbond substituents is 1. The van der Waals surface area contributed by atoms with Crippen LogP contribution < -0.4 is 15.5 Å². The van der Waals surface area contributed by atoms with E-state index in [4.69, 9.17) is 0 Å². The van der Waals surface area contributed by atoms with Gasteiger partial charge in [-0.2, -0.15) is 0 Å². The fraction of sp³-hybridized carbons (Fsp3) is 0.231. The monoisotopic (exact) mass is 522 g/mol. The van der Waals surface area contributed by atoms with Gasteiger partial charge in [0.25, 0.3) is 11.8 Å². The van der Waals surface area contributed by atoms with Crippen LogP contribution in [0.1, 0.15) is 27.1 Å². The summed E-state index contributed by atoms with van der Waals surface area (Å²) in [6, 6.07) is 19.1. The molecule has 4 rings (SSSR count). The van der Waals surface area contributed by atoms with E-state index in [1.807, 2.05) is 12.1 Å². The fourth-order valence-electron chi connectivity index (χ4n) is 3.89. The number of hydrogen-bond acceptors (Lipinski definition) is 5. The maximum absolute atomic E-state index is 12.9. The van der Waals surface area contributed by atoms with Crippen LogP contribution >= 0.6 is 15.9 Å². The SMILES string of the molecule is CN1CCCN(c2ccc(C(=O)Nc3c(O)cccc3NC(=O)c3ccc(Br)cc3)cc2)CC1. The molecule has 0 saturated carbocycles. The fourth-order valence-corrected chi connectivity index (χ4v) is 4.15. The smallest absolute Gasteiger partial charge is 0.255 e. The molecule has 2 amide bonds. The van der Waals surface area contributed by atoms with E-state index in [9.17, 15) is 14.7 Å². The zero-order valence-electron chi connectivity index (χ0n) is 18.9. The summed E-state index contributed by atoms with van der Waals surface area (Å²) in [4.78, 5) is 30.2. The van der Waals surface area contributed by atoms with E-state index in [0.717, 1.165) is 42.8 Å². The number of benzene rings is 3. The van der Waals surface area contributed by atoms with Crippen molar-refractivity contribution < 1.29 is 14.7 Å². The second-order valence-corrected chi connectivity index (χ2v) is 9.22. The summed E-state index contributed by atoms with van der Waals surface area (Å²) in [7, 11) is 2.13. The van der Waals surface area contributed by atoms with E-state index < -0.39 is 0 Å². The lowest BCUT2D eigenvalue weighted by atomic mass is 10.1. The van der Waals surface area contributed by atoms with Crippen molar-refractivity contribution >= 4 is 44.8 Å². The van der Waals surface area contributed by atoms with E-state index in [1.165, 1.54) is 6.07 Å². The molecule has 0 aromatic heterocycles. The van der Waals surface area contributed by atoms with Gasteiger partial charge in [-0.05, 0) is 80.7 Å². The molecule has 1 aliphatic heterocycles. The maximum atomic E-state index is 12.9. The van der Waals surface area contributed by atoms with Crippen molar-refractivity contribution in [2.75, 3.05) is 48.8 Å². The van der Waals surface area contributed by atoms with E-state index >= 15 is 0 Å². The number of aromatic hydroxyl groups is 1. The van der Waals surface area contributed by atoms with E-state index in [2.05, 4.69) is 43.4 Å². The van der Waals surface area contributed by atoms with Crippen molar-refractivity contribution in [3.8, 4) is 5.75 Å². The molecule has 1 saturated heterocycles. The molecule has 1 fully saturated rings. The molecule has 0 spiro atoms. The van der Waals surface area contributed by atoms with Gasteiger partial charge in [-0.25, -0.2) is 0 Å². The van der Waals surface area contributed by atoms with Crippen LogP contribution in [0.3, 0.4) is 0 Å². The van der Waals surface area contributed by atoms with Crippen molar-refractivity contribution in [3.05, 3.63) is 82.3 Å². The second-order valence-electron chi connectivity index (χ2n) is 8.31. The van der Waals surface area contributed by atoms with Crippen molar-refractivity contribution in [3.63, 3.8) is 0 Å². The van der Waals surface area contributed by atoms with Crippen LogP contribution in [0.15, 0.2) is 71.2 Å². The first-order valence-electron chi connectivity index (χ1n) is 11.1. The highest BCUT2D eigenvalue weighted by molar-refractivity contribution is 9.10. The molecule has 3 aromatic rings. The van der Waals surface area contributed by atoms with E-state index in [-0.39, 0.29) is 23.3 Å². The average Bonchev–Trinajstić information content (AvgIpc) is 3.06. The molecular formula is C26H27BrN4O3. The first-order chi connectivity index (χ1) is 16.4. The van der Waals surface area contributed by atoms with Gasteiger partial charge in [0.2, 0.25) is 0 Å². The number of carbonyl (C=O) groups is 2. The van der Waals surface area contributed by atoms with Crippen molar-refractivity contribution in [1.82, 2.24) is 4.90 Å². The average molecular weight is 523 g/mol. The number of phenols is 1. The van der Waals surface area contributed by atoms with Crippen LogP contribution in [-0.4, -0.2) is 55.0 Å².